The van der Waals surface area contributed by atoms with Gasteiger partial charge >= 0.3 is 0 Å². The monoisotopic (exact) mass is 456 g/mol. The van der Waals surface area contributed by atoms with Crippen LogP contribution >= 0.6 is 11.6 Å². The molecule has 0 aromatic heterocycles. The Hall–Kier alpha value is -3.58. The van der Waals surface area contributed by atoms with Crippen LogP contribution in [0.4, 0.5) is 4.39 Å². The molecule has 1 N–H and O–H groups in total. The van der Waals surface area contributed by atoms with E-state index in [1.54, 1.807) is 48.5 Å². The van der Waals surface area contributed by atoms with Crippen molar-refractivity contribution in [1.82, 2.24) is 5.43 Å². The van der Waals surface area contributed by atoms with Crippen LogP contribution in [0.2, 0.25) is 5.02 Å². The highest BCUT2D eigenvalue weighted by Crippen LogP contribution is 2.28. The van der Waals surface area contributed by atoms with Crippen molar-refractivity contribution in [1.29, 1.82) is 0 Å². The van der Waals surface area contributed by atoms with Crippen molar-refractivity contribution in [3.63, 3.8) is 0 Å². The molecule has 8 heteroatoms. The minimum atomic E-state index is -0.393. The molecule has 6 nitrogen and oxygen atoms in total. The van der Waals surface area contributed by atoms with E-state index < -0.39 is 5.91 Å². The Morgan fingerprint density at radius 3 is 2.47 bits per heavy atom. The van der Waals surface area contributed by atoms with Crippen LogP contribution < -0.4 is 19.6 Å². The Bertz CT molecular complexity index is 1100. The third-order valence-corrected chi connectivity index (χ3v) is 4.66. The maximum Gasteiger partial charge on any atom is 0.271 e. The third-order valence-electron chi connectivity index (χ3n) is 4.37. The fourth-order valence-electron chi connectivity index (χ4n) is 2.77. The predicted octanol–water partition coefficient (Wildman–Crippen LogP) is 5.23. The number of hydrazone groups is 1. The number of amides is 1. The van der Waals surface area contributed by atoms with E-state index in [1.807, 2.05) is 6.92 Å². The van der Waals surface area contributed by atoms with Crippen molar-refractivity contribution in [2.24, 2.45) is 5.10 Å². The van der Waals surface area contributed by atoms with Gasteiger partial charge in [-0.2, -0.15) is 5.10 Å². The first kappa shape index (κ1) is 23.1. The van der Waals surface area contributed by atoms with Crippen molar-refractivity contribution in [3.8, 4) is 17.2 Å². The molecule has 0 saturated heterocycles. The van der Waals surface area contributed by atoms with E-state index in [-0.39, 0.29) is 12.4 Å². The minimum absolute atomic E-state index is 0.259. The second-order valence-electron chi connectivity index (χ2n) is 6.60. The maximum atomic E-state index is 13.0. The van der Waals surface area contributed by atoms with Gasteiger partial charge in [-0.05, 0) is 66.6 Å². The topological polar surface area (TPSA) is 69.2 Å². The van der Waals surface area contributed by atoms with Gasteiger partial charge in [0.15, 0.2) is 11.5 Å². The highest BCUT2D eigenvalue weighted by Gasteiger charge is 2.10. The van der Waals surface area contributed by atoms with Crippen LogP contribution in [0, 0.1) is 5.82 Å². The molecule has 3 aromatic carbocycles. The summed E-state index contributed by atoms with van der Waals surface area (Å²) in [4.78, 5) is 12.4. The number of ether oxygens (including phenoxy) is 3. The number of nitrogens with zero attached hydrogens (tertiary/aromatic N) is 1. The van der Waals surface area contributed by atoms with Crippen molar-refractivity contribution >= 4 is 23.7 Å². The number of carbonyl (C=O) groups excluding carboxylic acids is 1. The average Bonchev–Trinajstić information content (AvgIpc) is 2.79. The first-order chi connectivity index (χ1) is 15.5. The Morgan fingerprint density at radius 1 is 1.03 bits per heavy atom. The lowest BCUT2D eigenvalue weighted by molar-refractivity contribution is 0.0954. The summed E-state index contributed by atoms with van der Waals surface area (Å²) in [7, 11) is 1.53. The summed E-state index contributed by atoms with van der Waals surface area (Å²) in [6.45, 7) is 2.56. The standard InChI is InChI=1S/C24H22ClFN2O4/c1-3-31-23-13-18(7-11-22(23)30-2)24(29)28-27-14-17-6-10-21(20(25)12-17)32-15-16-4-8-19(26)9-5-16/h4-14H,3,15H2,1-2H3,(H,28,29)/b27-14+. The third kappa shape index (κ3) is 6.21. The molecule has 0 atom stereocenters. The Morgan fingerprint density at radius 2 is 1.78 bits per heavy atom. The van der Waals surface area contributed by atoms with Crippen LogP contribution in [0.25, 0.3) is 0 Å². The van der Waals surface area contributed by atoms with Crippen LogP contribution in [0.5, 0.6) is 17.2 Å². The van der Waals surface area contributed by atoms with Gasteiger partial charge in [0.1, 0.15) is 18.2 Å². The quantitative estimate of drug-likeness (QED) is 0.353. The number of hydrogen-bond donors (Lipinski definition) is 1. The summed E-state index contributed by atoms with van der Waals surface area (Å²) in [5.74, 6) is 0.816. The molecule has 0 aliphatic carbocycles. The molecule has 0 heterocycles. The van der Waals surface area contributed by atoms with E-state index in [4.69, 9.17) is 25.8 Å². The Labute approximate surface area is 190 Å². The number of carbonyl (C=O) groups is 1. The molecule has 32 heavy (non-hydrogen) atoms. The number of benzene rings is 3. The highest BCUT2D eigenvalue weighted by molar-refractivity contribution is 6.32. The van der Waals surface area contributed by atoms with Crippen molar-refractivity contribution < 1.29 is 23.4 Å². The van der Waals surface area contributed by atoms with Gasteiger partial charge in [-0.25, -0.2) is 9.82 Å². The molecule has 0 aliphatic heterocycles. The van der Waals surface area contributed by atoms with Gasteiger partial charge in [-0.3, -0.25) is 4.79 Å². The lowest BCUT2D eigenvalue weighted by Crippen LogP contribution is -2.17. The van der Waals surface area contributed by atoms with E-state index in [9.17, 15) is 9.18 Å². The van der Waals surface area contributed by atoms with Crippen molar-refractivity contribution in [2.45, 2.75) is 13.5 Å². The van der Waals surface area contributed by atoms with Gasteiger partial charge in [0, 0.05) is 5.56 Å². The zero-order valence-electron chi connectivity index (χ0n) is 17.6. The lowest BCUT2D eigenvalue weighted by atomic mass is 10.2. The van der Waals surface area contributed by atoms with Gasteiger partial charge in [-0.1, -0.05) is 23.7 Å². The summed E-state index contributed by atoms with van der Waals surface area (Å²) in [6, 6.07) is 16.0. The fraction of sp³-hybridized carbons (Fsp3) is 0.167. The summed E-state index contributed by atoms with van der Waals surface area (Å²) >= 11 is 6.27. The molecule has 0 fully saturated rings. The maximum absolute atomic E-state index is 13.0. The van der Waals surface area contributed by atoms with Gasteiger partial charge in [0.05, 0.1) is 25.0 Å². The average molecular weight is 457 g/mol. The number of halogens is 2. The Balaban J connectivity index is 1.59. The lowest BCUT2D eigenvalue weighted by Gasteiger charge is -2.10. The number of methoxy groups -OCH3 is 1. The zero-order valence-corrected chi connectivity index (χ0v) is 18.4. The first-order valence-electron chi connectivity index (χ1n) is 9.81. The van der Waals surface area contributed by atoms with E-state index in [1.165, 1.54) is 25.5 Å². The van der Waals surface area contributed by atoms with Crippen molar-refractivity contribution in [2.75, 3.05) is 13.7 Å². The molecule has 3 rings (SSSR count). The molecule has 0 aliphatic rings. The van der Waals surface area contributed by atoms with Gasteiger partial charge in [0.2, 0.25) is 0 Å². The molecular formula is C24H22ClFN2O4. The smallest absolute Gasteiger partial charge is 0.271 e. The SMILES string of the molecule is CCOc1cc(C(=O)N/N=C/c2ccc(OCc3ccc(F)cc3)c(Cl)c2)ccc1OC. The zero-order chi connectivity index (χ0) is 22.9. The fourth-order valence-corrected chi connectivity index (χ4v) is 3.02. The minimum Gasteiger partial charge on any atom is -0.493 e. The molecular weight excluding hydrogens is 435 g/mol. The summed E-state index contributed by atoms with van der Waals surface area (Å²) in [5.41, 5.74) is 4.35. The van der Waals surface area contributed by atoms with Gasteiger partial charge in [-0.15, -0.1) is 0 Å². The van der Waals surface area contributed by atoms with Crippen LogP contribution in [0.1, 0.15) is 28.4 Å². The number of rotatable bonds is 9. The van der Waals surface area contributed by atoms with Crippen LogP contribution in [0.3, 0.4) is 0 Å². The summed E-state index contributed by atoms with van der Waals surface area (Å²) in [5, 5.41) is 4.37. The van der Waals surface area contributed by atoms with Crippen LogP contribution in [-0.4, -0.2) is 25.8 Å². The predicted molar refractivity (Wildman–Crippen MR) is 121 cm³/mol. The van der Waals surface area contributed by atoms with Gasteiger partial charge in [0.25, 0.3) is 5.91 Å². The second kappa shape index (κ2) is 11.2. The largest absolute Gasteiger partial charge is 0.493 e. The molecule has 3 aromatic rings. The molecule has 1 amide bonds. The normalized spacial score (nSPS) is 10.8. The van der Waals surface area contributed by atoms with E-state index in [0.717, 1.165) is 5.56 Å². The van der Waals surface area contributed by atoms with E-state index in [2.05, 4.69) is 10.5 Å². The molecule has 0 saturated carbocycles. The molecule has 0 unspecified atom stereocenters. The van der Waals surface area contributed by atoms with Crippen LogP contribution in [0.15, 0.2) is 65.8 Å². The molecule has 166 valence electrons. The number of nitrogens with one attached hydrogen (secondary N) is 1. The second-order valence-corrected chi connectivity index (χ2v) is 7.01. The van der Waals surface area contributed by atoms with Crippen LogP contribution in [-0.2, 0) is 6.61 Å². The van der Waals surface area contributed by atoms with E-state index in [0.29, 0.717) is 40.0 Å². The van der Waals surface area contributed by atoms with Crippen molar-refractivity contribution in [3.05, 3.63) is 88.2 Å². The van der Waals surface area contributed by atoms with E-state index >= 15 is 0 Å². The molecule has 0 bridgehead atoms. The highest BCUT2D eigenvalue weighted by atomic mass is 35.5. The Kier molecular flexibility index (Phi) is 8.05. The summed E-state index contributed by atoms with van der Waals surface area (Å²) in [6.07, 6.45) is 1.47. The molecule has 0 radical (unpaired) electrons. The van der Waals surface area contributed by atoms with Gasteiger partial charge < -0.3 is 14.2 Å². The molecule has 0 spiro atoms. The number of hydrogen-bond acceptors (Lipinski definition) is 5. The first-order valence-corrected chi connectivity index (χ1v) is 10.2. The summed E-state index contributed by atoms with van der Waals surface area (Å²) < 4.78 is 29.4.